The maximum atomic E-state index is 13.0. The van der Waals surface area contributed by atoms with E-state index in [2.05, 4.69) is 4.90 Å². The van der Waals surface area contributed by atoms with Crippen molar-refractivity contribution in [2.24, 2.45) is 11.8 Å². The summed E-state index contributed by atoms with van der Waals surface area (Å²) in [4.78, 5) is 30.4. The third-order valence-electron chi connectivity index (χ3n) is 9.20. The molecular weight excluding hydrogens is 384 g/mol. The van der Waals surface area contributed by atoms with E-state index in [0.717, 1.165) is 42.0 Å². The molecule has 31 heavy (non-hydrogen) atoms. The minimum atomic E-state index is -0.265. The number of ketones is 1. The number of hydrogen-bond acceptors (Lipinski definition) is 3. The van der Waals surface area contributed by atoms with E-state index < -0.39 is 0 Å². The standard InChI is InChI=1S/C27H36N2O2/c30-26-15-20-8-3-4-11-25(20)29(27(26)31)24-16-21-9-5-10-22(17-24)28(21)23-13-18-6-1-2-7-19(12-18)14-23/h3-4,8,11,18-19,21-24H,1-2,5-7,9-10,12-17H2/t18-,19+,21-,22+,23?,24?. The highest BCUT2D eigenvalue weighted by Crippen LogP contribution is 2.46. The molecule has 0 radical (unpaired) electrons. The van der Waals surface area contributed by atoms with Gasteiger partial charge in [-0.15, -0.1) is 0 Å². The van der Waals surface area contributed by atoms with E-state index in [-0.39, 0.29) is 24.2 Å². The number of anilines is 1. The van der Waals surface area contributed by atoms with Crippen LogP contribution in [-0.4, -0.2) is 40.8 Å². The zero-order valence-corrected chi connectivity index (χ0v) is 18.7. The summed E-state index contributed by atoms with van der Waals surface area (Å²) in [5.41, 5.74) is 2.02. The molecule has 4 heteroatoms. The van der Waals surface area contributed by atoms with Gasteiger partial charge in [0.15, 0.2) is 0 Å². The molecule has 5 aliphatic rings. The topological polar surface area (TPSA) is 40.6 Å². The van der Waals surface area contributed by atoms with Gasteiger partial charge in [-0.25, -0.2) is 0 Å². The third-order valence-corrected chi connectivity index (χ3v) is 9.20. The van der Waals surface area contributed by atoms with E-state index in [1.165, 1.54) is 64.2 Å². The molecular formula is C27H36N2O2. The van der Waals surface area contributed by atoms with Gasteiger partial charge in [0, 0.05) is 36.3 Å². The molecule has 4 bridgehead atoms. The highest BCUT2D eigenvalue weighted by atomic mass is 16.2. The third kappa shape index (κ3) is 3.55. The zero-order chi connectivity index (χ0) is 20.9. The van der Waals surface area contributed by atoms with Gasteiger partial charge >= 0.3 is 0 Å². The Balaban J connectivity index is 1.26. The summed E-state index contributed by atoms with van der Waals surface area (Å²) in [5, 5.41) is 0. The Labute approximate surface area is 186 Å². The fraction of sp³-hybridized carbons (Fsp3) is 0.704. The molecule has 2 saturated heterocycles. The van der Waals surface area contributed by atoms with Crippen LogP contribution in [0.4, 0.5) is 5.69 Å². The van der Waals surface area contributed by atoms with Crippen molar-refractivity contribution in [2.75, 3.05) is 4.90 Å². The first-order chi connectivity index (χ1) is 15.2. The van der Waals surface area contributed by atoms with Crippen LogP contribution in [0, 0.1) is 11.8 Å². The van der Waals surface area contributed by atoms with Gasteiger partial charge in [0.05, 0.1) is 0 Å². The molecule has 0 N–H and O–H groups in total. The van der Waals surface area contributed by atoms with Crippen LogP contribution in [0.15, 0.2) is 24.3 Å². The number of benzene rings is 1. The lowest BCUT2D eigenvalue weighted by Crippen LogP contribution is -2.62. The minimum Gasteiger partial charge on any atom is -0.302 e. The van der Waals surface area contributed by atoms with Crippen LogP contribution in [0.2, 0.25) is 0 Å². The smallest absolute Gasteiger partial charge is 0.294 e. The van der Waals surface area contributed by atoms with Gasteiger partial charge in [-0.05, 0) is 68.4 Å². The number of hydrogen-bond donors (Lipinski definition) is 0. The Morgan fingerprint density at radius 1 is 0.677 bits per heavy atom. The molecule has 2 saturated carbocycles. The minimum absolute atomic E-state index is 0.176. The van der Waals surface area contributed by atoms with E-state index in [1.54, 1.807) is 0 Å². The van der Waals surface area contributed by atoms with Crippen LogP contribution in [0.5, 0.6) is 0 Å². The van der Waals surface area contributed by atoms with E-state index in [0.29, 0.717) is 12.1 Å². The number of piperidine rings is 2. The lowest BCUT2D eigenvalue weighted by atomic mass is 9.73. The van der Waals surface area contributed by atoms with Crippen LogP contribution in [-0.2, 0) is 16.0 Å². The summed E-state index contributed by atoms with van der Waals surface area (Å²) in [7, 11) is 0. The monoisotopic (exact) mass is 420 g/mol. The second kappa shape index (κ2) is 8.03. The molecule has 1 aromatic carbocycles. The molecule has 1 aromatic rings. The number of rotatable bonds is 2. The van der Waals surface area contributed by atoms with E-state index >= 15 is 0 Å². The normalized spacial score (nSPS) is 38.5. The number of carbonyl (C=O) groups excluding carboxylic acids is 2. The van der Waals surface area contributed by atoms with Crippen LogP contribution < -0.4 is 4.90 Å². The van der Waals surface area contributed by atoms with E-state index in [4.69, 9.17) is 0 Å². The Hall–Kier alpha value is -1.68. The number of fused-ring (bicyclic) bond motifs is 5. The van der Waals surface area contributed by atoms with Crippen molar-refractivity contribution < 1.29 is 9.59 Å². The summed E-state index contributed by atoms with van der Waals surface area (Å²) >= 11 is 0. The predicted molar refractivity (Wildman–Crippen MR) is 122 cm³/mol. The summed E-state index contributed by atoms with van der Waals surface area (Å²) in [6, 6.07) is 10.2. The molecule has 166 valence electrons. The fourth-order valence-electron chi connectivity index (χ4n) is 8.06. The van der Waals surface area contributed by atoms with Crippen molar-refractivity contribution in [3.8, 4) is 0 Å². The van der Waals surface area contributed by atoms with Crippen LogP contribution in [0.1, 0.15) is 82.6 Å². The molecule has 3 aliphatic heterocycles. The predicted octanol–water partition coefficient (Wildman–Crippen LogP) is 4.89. The lowest BCUT2D eigenvalue weighted by Gasteiger charge is -2.56. The summed E-state index contributed by atoms with van der Waals surface area (Å²) in [6.07, 6.45) is 16.2. The number of amides is 1. The van der Waals surface area contributed by atoms with Crippen LogP contribution in [0.25, 0.3) is 0 Å². The zero-order valence-electron chi connectivity index (χ0n) is 18.7. The first kappa shape index (κ1) is 20.0. The first-order valence-electron chi connectivity index (χ1n) is 12.9. The second-order valence-electron chi connectivity index (χ2n) is 11.1. The summed E-state index contributed by atoms with van der Waals surface area (Å²) in [5.74, 6) is 1.39. The van der Waals surface area contributed by atoms with Crippen molar-refractivity contribution in [1.29, 1.82) is 0 Å². The number of nitrogens with zero attached hydrogens (tertiary/aromatic N) is 2. The van der Waals surface area contributed by atoms with Gasteiger partial charge in [-0.3, -0.25) is 14.5 Å². The average molecular weight is 421 g/mol. The van der Waals surface area contributed by atoms with E-state index in [9.17, 15) is 9.59 Å². The van der Waals surface area contributed by atoms with Crippen LogP contribution in [0.3, 0.4) is 0 Å². The van der Waals surface area contributed by atoms with Crippen molar-refractivity contribution in [3.63, 3.8) is 0 Å². The Morgan fingerprint density at radius 3 is 2.06 bits per heavy atom. The molecule has 0 aromatic heterocycles. The lowest BCUT2D eigenvalue weighted by molar-refractivity contribution is -0.137. The Bertz CT molecular complexity index is 839. The largest absolute Gasteiger partial charge is 0.302 e. The van der Waals surface area contributed by atoms with Gasteiger partial charge in [-0.2, -0.15) is 0 Å². The highest BCUT2D eigenvalue weighted by Gasteiger charge is 2.47. The quantitative estimate of drug-likeness (QED) is 0.640. The fourth-order valence-corrected chi connectivity index (χ4v) is 8.06. The molecule has 6 rings (SSSR count). The molecule has 4 fully saturated rings. The van der Waals surface area contributed by atoms with Gasteiger partial charge in [-0.1, -0.05) is 50.3 Å². The average Bonchev–Trinajstić information content (AvgIpc) is 2.93. The van der Waals surface area contributed by atoms with Crippen molar-refractivity contribution in [1.82, 2.24) is 4.90 Å². The Morgan fingerprint density at radius 2 is 1.35 bits per heavy atom. The number of carbonyl (C=O) groups is 2. The molecule has 0 spiro atoms. The Kier molecular flexibility index (Phi) is 5.17. The van der Waals surface area contributed by atoms with Gasteiger partial charge < -0.3 is 4.90 Å². The molecule has 1 amide bonds. The van der Waals surface area contributed by atoms with E-state index in [1.807, 2.05) is 29.2 Å². The molecule has 3 heterocycles. The first-order valence-corrected chi connectivity index (χ1v) is 12.9. The van der Waals surface area contributed by atoms with Crippen molar-refractivity contribution in [3.05, 3.63) is 29.8 Å². The number of Topliss-reactive ketones (excluding diaryl/α,β-unsaturated/α-hetero) is 1. The second-order valence-corrected chi connectivity index (χ2v) is 11.1. The molecule has 2 aliphatic carbocycles. The summed E-state index contributed by atoms with van der Waals surface area (Å²) < 4.78 is 0. The summed E-state index contributed by atoms with van der Waals surface area (Å²) in [6.45, 7) is 0. The maximum Gasteiger partial charge on any atom is 0.294 e. The maximum absolute atomic E-state index is 13.0. The molecule has 6 atom stereocenters. The number of para-hydroxylation sites is 1. The SMILES string of the molecule is O=C1Cc2ccccc2N(C2C[C@H]3CCC[C@@H](C2)N3C2C[C@H]3CCCC[C@@H](C2)C3)C1=O. The van der Waals surface area contributed by atoms with Crippen molar-refractivity contribution >= 4 is 17.4 Å². The van der Waals surface area contributed by atoms with Gasteiger partial charge in [0.25, 0.3) is 5.91 Å². The van der Waals surface area contributed by atoms with Gasteiger partial charge in [0.1, 0.15) is 0 Å². The highest BCUT2D eigenvalue weighted by molar-refractivity contribution is 6.43. The van der Waals surface area contributed by atoms with Crippen LogP contribution >= 0.6 is 0 Å². The molecule has 4 nitrogen and oxygen atoms in total. The van der Waals surface area contributed by atoms with Gasteiger partial charge in [0.2, 0.25) is 5.78 Å². The van der Waals surface area contributed by atoms with Crippen molar-refractivity contribution in [2.45, 2.75) is 108 Å². The molecule has 2 unspecified atom stereocenters.